The highest BCUT2D eigenvalue weighted by Crippen LogP contribution is 2.20. The Bertz CT molecular complexity index is 509. The number of nitrogens with zero attached hydrogens (tertiary/aromatic N) is 1. The molecule has 2 aromatic rings. The fourth-order valence-corrected chi connectivity index (χ4v) is 1.57. The van der Waals surface area contributed by atoms with Crippen LogP contribution in [0, 0.1) is 6.92 Å². The number of nitrogens with one attached hydrogen (secondary N) is 1. The van der Waals surface area contributed by atoms with E-state index < -0.39 is 0 Å². The van der Waals surface area contributed by atoms with Crippen LogP contribution in [0.3, 0.4) is 0 Å². The first-order valence-corrected chi connectivity index (χ1v) is 5.42. The summed E-state index contributed by atoms with van der Waals surface area (Å²) in [6.45, 7) is 1.98. The summed E-state index contributed by atoms with van der Waals surface area (Å²) in [5.74, 6) is -0.120. The van der Waals surface area contributed by atoms with E-state index in [9.17, 15) is 4.79 Å². The van der Waals surface area contributed by atoms with Crippen molar-refractivity contribution in [3.63, 3.8) is 0 Å². The second-order valence-corrected chi connectivity index (χ2v) is 4.14. The van der Waals surface area contributed by atoms with Crippen LogP contribution in [0.2, 0.25) is 0 Å². The Kier molecular flexibility index (Phi) is 3.05. The van der Waals surface area contributed by atoms with Crippen molar-refractivity contribution < 1.29 is 9.21 Å². The highest BCUT2D eigenvalue weighted by Gasteiger charge is 2.09. The number of benzene rings is 1. The number of aromatic nitrogens is 1. The number of aryl methyl sites for hydroxylation is 1. The van der Waals surface area contributed by atoms with Gasteiger partial charge in [0.05, 0.1) is 6.20 Å². The summed E-state index contributed by atoms with van der Waals surface area (Å²) in [5.41, 5.74) is 1.82. The van der Waals surface area contributed by atoms with Crippen LogP contribution in [0.25, 0.3) is 0 Å². The lowest BCUT2D eigenvalue weighted by atomic mass is 10.2. The maximum absolute atomic E-state index is 11.6. The Labute approximate surface area is 101 Å². The summed E-state index contributed by atoms with van der Waals surface area (Å²) in [7, 11) is 0. The van der Waals surface area contributed by atoms with Crippen molar-refractivity contribution in [2.45, 2.75) is 6.92 Å². The SMILES string of the molecule is Cc1ccc(NC(=O)c2cnco2)cc1Br. The van der Waals surface area contributed by atoms with Crippen molar-refractivity contribution in [3.05, 3.63) is 46.6 Å². The Balaban J connectivity index is 2.15. The first-order valence-electron chi connectivity index (χ1n) is 4.63. The number of halogens is 1. The van der Waals surface area contributed by atoms with Gasteiger partial charge in [-0.05, 0) is 24.6 Å². The van der Waals surface area contributed by atoms with Gasteiger partial charge in [-0.3, -0.25) is 4.79 Å². The molecule has 0 fully saturated rings. The second kappa shape index (κ2) is 4.49. The Morgan fingerprint density at radius 1 is 1.50 bits per heavy atom. The fourth-order valence-electron chi connectivity index (χ4n) is 1.19. The molecule has 1 heterocycles. The van der Waals surface area contributed by atoms with Crippen LogP contribution in [-0.4, -0.2) is 10.9 Å². The monoisotopic (exact) mass is 280 g/mol. The van der Waals surface area contributed by atoms with Gasteiger partial charge < -0.3 is 9.73 Å². The third-order valence-corrected chi connectivity index (χ3v) is 2.94. The topological polar surface area (TPSA) is 55.1 Å². The van der Waals surface area contributed by atoms with Gasteiger partial charge >= 0.3 is 0 Å². The van der Waals surface area contributed by atoms with E-state index in [1.807, 2.05) is 25.1 Å². The number of carbonyl (C=O) groups excluding carboxylic acids is 1. The third kappa shape index (κ3) is 2.30. The highest BCUT2D eigenvalue weighted by molar-refractivity contribution is 9.10. The van der Waals surface area contributed by atoms with E-state index in [1.54, 1.807) is 0 Å². The van der Waals surface area contributed by atoms with E-state index in [2.05, 4.69) is 26.2 Å². The minimum atomic E-state index is -0.312. The van der Waals surface area contributed by atoms with Crippen LogP contribution in [-0.2, 0) is 0 Å². The highest BCUT2D eigenvalue weighted by atomic mass is 79.9. The average molecular weight is 281 g/mol. The fraction of sp³-hybridized carbons (Fsp3) is 0.0909. The molecule has 1 aromatic heterocycles. The molecule has 0 aliphatic heterocycles. The predicted molar refractivity (Wildman–Crippen MR) is 63.3 cm³/mol. The number of amides is 1. The summed E-state index contributed by atoms with van der Waals surface area (Å²) in [4.78, 5) is 15.3. The van der Waals surface area contributed by atoms with Gasteiger partial charge in [0.15, 0.2) is 6.39 Å². The van der Waals surface area contributed by atoms with E-state index in [0.717, 1.165) is 10.0 Å². The standard InChI is InChI=1S/C11H9BrN2O2/c1-7-2-3-8(4-9(7)12)14-11(15)10-5-13-6-16-10/h2-6H,1H3,(H,14,15). The van der Waals surface area contributed by atoms with Crippen LogP contribution in [0.15, 0.2) is 39.7 Å². The molecule has 5 heteroatoms. The van der Waals surface area contributed by atoms with E-state index in [0.29, 0.717) is 5.69 Å². The molecule has 16 heavy (non-hydrogen) atoms. The lowest BCUT2D eigenvalue weighted by Gasteiger charge is -2.04. The van der Waals surface area contributed by atoms with Gasteiger partial charge in [0.1, 0.15) is 0 Å². The summed E-state index contributed by atoms with van der Waals surface area (Å²) < 4.78 is 5.83. The van der Waals surface area contributed by atoms with Gasteiger partial charge in [0.25, 0.3) is 5.91 Å². The summed E-state index contributed by atoms with van der Waals surface area (Å²) in [6.07, 6.45) is 2.60. The number of carbonyl (C=O) groups is 1. The quantitative estimate of drug-likeness (QED) is 0.920. The van der Waals surface area contributed by atoms with E-state index in [4.69, 9.17) is 4.42 Å². The Hall–Kier alpha value is -1.62. The zero-order valence-electron chi connectivity index (χ0n) is 8.53. The molecular formula is C11H9BrN2O2. The average Bonchev–Trinajstić information content (AvgIpc) is 2.77. The lowest BCUT2D eigenvalue weighted by molar-refractivity contribution is 0.0996. The first-order chi connectivity index (χ1) is 7.66. The summed E-state index contributed by atoms with van der Waals surface area (Å²) in [5, 5.41) is 2.71. The van der Waals surface area contributed by atoms with Crippen LogP contribution < -0.4 is 5.32 Å². The van der Waals surface area contributed by atoms with Crippen molar-refractivity contribution in [1.29, 1.82) is 0 Å². The number of hydrogen-bond donors (Lipinski definition) is 1. The third-order valence-electron chi connectivity index (χ3n) is 2.09. The summed E-state index contributed by atoms with van der Waals surface area (Å²) >= 11 is 3.40. The number of hydrogen-bond acceptors (Lipinski definition) is 3. The Morgan fingerprint density at radius 3 is 2.94 bits per heavy atom. The normalized spacial score (nSPS) is 10.1. The van der Waals surface area contributed by atoms with Crippen molar-refractivity contribution >= 4 is 27.5 Å². The van der Waals surface area contributed by atoms with E-state index in [1.165, 1.54) is 12.6 Å². The van der Waals surface area contributed by atoms with Gasteiger partial charge in [-0.15, -0.1) is 0 Å². The van der Waals surface area contributed by atoms with Crippen molar-refractivity contribution in [2.24, 2.45) is 0 Å². The first kappa shape index (κ1) is 10.9. The second-order valence-electron chi connectivity index (χ2n) is 3.28. The minimum absolute atomic E-state index is 0.191. The molecule has 1 N–H and O–H groups in total. The molecule has 1 amide bonds. The van der Waals surface area contributed by atoms with Crippen LogP contribution in [0.4, 0.5) is 5.69 Å². The molecule has 0 saturated carbocycles. The zero-order valence-corrected chi connectivity index (χ0v) is 10.1. The predicted octanol–water partition coefficient (Wildman–Crippen LogP) is 3.00. The van der Waals surface area contributed by atoms with E-state index >= 15 is 0 Å². The van der Waals surface area contributed by atoms with E-state index in [-0.39, 0.29) is 11.7 Å². The van der Waals surface area contributed by atoms with Crippen molar-refractivity contribution in [1.82, 2.24) is 4.98 Å². The number of oxazole rings is 1. The maximum Gasteiger partial charge on any atom is 0.293 e. The van der Waals surface area contributed by atoms with Gasteiger partial charge in [0, 0.05) is 10.2 Å². The molecule has 0 spiro atoms. The largest absolute Gasteiger partial charge is 0.438 e. The molecule has 0 radical (unpaired) electrons. The maximum atomic E-state index is 11.6. The molecule has 2 rings (SSSR count). The molecule has 82 valence electrons. The molecule has 1 aromatic carbocycles. The van der Waals surface area contributed by atoms with Gasteiger partial charge in [-0.2, -0.15) is 0 Å². The minimum Gasteiger partial charge on any atom is -0.438 e. The van der Waals surface area contributed by atoms with Crippen LogP contribution in [0.1, 0.15) is 16.1 Å². The molecule has 4 nitrogen and oxygen atoms in total. The van der Waals surface area contributed by atoms with Crippen LogP contribution in [0.5, 0.6) is 0 Å². The number of rotatable bonds is 2. The van der Waals surface area contributed by atoms with Crippen molar-refractivity contribution in [3.8, 4) is 0 Å². The smallest absolute Gasteiger partial charge is 0.293 e. The lowest BCUT2D eigenvalue weighted by Crippen LogP contribution is -2.10. The summed E-state index contributed by atoms with van der Waals surface area (Å²) in [6, 6.07) is 5.58. The molecular weight excluding hydrogens is 272 g/mol. The molecule has 0 atom stereocenters. The van der Waals surface area contributed by atoms with Gasteiger partial charge in [-0.1, -0.05) is 22.0 Å². The van der Waals surface area contributed by atoms with Crippen LogP contribution >= 0.6 is 15.9 Å². The van der Waals surface area contributed by atoms with Gasteiger partial charge in [0.2, 0.25) is 5.76 Å². The molecule has 0 bridgehead atoms. The molecule has 0 aliphatic carbocycles. The number of anilines is 1. The van der Waals surface area contributed by atoms with Crippen molar-refractivity contribution in [2.75, 3.05) is 5.32 Å². The molecule has 0 saturated heterocycles. The molecule has 0 unspecified atom stereocenters. The Morgan fingerprint density at radius 2 is 2.31 bits per heavy atom. The molecule has 0 aliphatic rings. The zero-order chi connectivity index (χ0) is 11.5. The van der Waals surface area contributed by atoms with Gasteiger partial charge in [-0.25, -0.2) is 4.98 Å².